The normalized spacial score (nSPS) is 21.3. The van der Waals surface area contributed by atoms with Gasteiger partial charge in [-0.2, -0.15) is 0 Å². The molecule has 2 amide bonds. The lowest BCUT2D eigenvalue weighted by Gasteiger charge is -2.11. The van der Waals surface area contributed by atoms with E-state index in [9.17, 15) is 22.4 Å². The molecular formula is C20H20FN3O4S. The topological polar surface area (TPSA) is 108 Å². The number of halogens is 1. The molecule has 1 unspecified atom stereocenters. The molecule has 7 nitrogen and oxygen atoms in total. The molecule has 0 radical (unpaired) electrons. The average molecular weight is 417 g/mol. The number of amides is 2. The average Bonchev–Trinajstić information content (AvgIpc) is 3.22. The fourth-order valence-corrected chi connectivity index (χ4v) is 5.55. The zero-order valence-corrected chi connectivity index (χ0v) is 16.7. The number of hydrogen-bond donors (Lipinski definition) is 3. The maximum atomic E-state index is 13.6. The Balaban J connectivity index is 1.65. The van der Waals surface area contributed by atoms with Gasteiger partial charge in [-0.15, -0.1) is 0 Å². The van der Waals surface area contributed by atoms with Crippen molar-refractivity contribution in [2.75, 3.05) is 16.8 Å². The first kappa shape index (κ1) is 19.4. The molecule has 0 aliphatic carbocycles. The van der Waals surface area contributed by atoms with Crippen molar-refractivity contribution in [3.05, 3.63) is 52.1 Å². The number of sulfone groups is 1. The predicted octanol–water partition coefficient (Wildman–Crippen LogP) is 2.18. The number of H-pyrrole nitrogens is 1. The van der Waals surface area contributed by atoms with Gasteiger partial charge in [-0.1, -0.05) is 0 Å². The fourth-order valence-electron chi connectivity index (χ4n) is 3.87. The third-order valence-corrected chi connectivity index (χ3v) is 7.09. The van der Waals surface area contributed by atoms with E-state index in [0.717, 1.165) is 0 Å². The van der Waals surface area contributed by atoms with Crippen molar-refractivity contribution < 1.29 is 22.4 Å². The van der Waals surface area contributed by atoms with E-state index in [1.807, 2.05) is 0 Å². The first-order valence-corrected chi connectivity index (χ1v) is 11.0. The van der Waals surface area contributed by atoms with Crippen LogP contribution in [0.1, 0.15) is 39.3 Å². The third kappa shape index (κ3) is 3.57. The molecule has 1 atom stereocenters. The van der Waals surface area contributed by atoms with E-state index >= 15 is 0 Å². The van der Waals surface area contributed by atoms with Crippen LogP contribution in [-0.4, -0.2) is 42.8 Å². The number of hydrogen-bond acceptors (Lipinski definition) is 4. The molecule has 0 saturated carbocycles. The van der Waals surface area contributed by atoms with Gasteiger partial charge in [-0.05, 0) is 50.1 Å². The van der Waals surface area contributed by atoms with Crippen molar-refractivity contribution in [2.24, 2.45) is 0 Å². The summed E-state index contributed by atoms with van der Waals surface area (Å²) in [7, 11) is -3.10. The molecule has 0 bridgehead atoms. The highest BCUT2D eigenvalue weighted by molar-refractivity contribution is 7.91. The smallest absolute Gasteiger partial charge is 0.256 e. The number of carbonyl (C=O) groups is 2. The monoisotopic (exact) mass is 417 g/mol. The first-order valence-electron chi connectivity index (χ1n) is 9.18. The van der Waals surface area contributed by atoms with Crippen LogP contribution in [0, 0.1) is 19.7 Å². The van der Waals surface area contributed by atoms with E-state index in [-0.39, 0.29) is 23.3 Å². The molecule has 1 aromatic heterocycles. The molecular weight excluding hydrogens is 397 g/mol. The molecule has 2 aliphatic heterocycles. The Morgan fingerprint density at radius 3 is 2.76 bits per heavy atom. The number of rotatable bonds is 3. The van der Waals surface area contributed by atoms with Gasteiger partial charge in [0.05, 0.1) is 22.6 Å². The summed E-state index contributed by atoms with van der Waals surface area (Å²) in [6.07, 6.45) is 2.00. The van der Waals surface area contributed by atoms with Gasteiger partial charge >= 0.3 is 0 Å². The third-order valence-electron chi connectivity index (χ3n) is 5.32. The summed E-state index contributed by atoms with van der Waals surface area (Å²) in [5.74, 6) is -1.13. The quantitative estimate of drug-likeness (QED) is 0.665. The molecule has 1 aromatic carbocycles. The number of benzene rings is 1. The summed E-state index contributed by atoms with van der Waals surface area (Å²) in [6, 6.07) is 3.67. The van der Waals surface area contributed by atoms with Crippen LogP contribution in [0.3, 0.4) is 0 Å². The van der Waals surface area contributed by atoms with Crippen LogP contribution < -0.4 is 10.6 Å². The van der Waals surface area contributed by atoms with E-state index in [2.05, 4.69) is 15.6 Å². The highest BCUT2D eigenvalue weighted by Crippen LogP contribution is 2.34. The molecule has 3 heterocycles. The van der Waals surface area contributed by atoms with E-state index in [0.29, 0.717) is 45.8 Å². The summed E-state index contributed by atoms with van der Waals surface area (Å²) in [6.45, 7) is 3.48. The van der Waals surface area contributed by atoms with Crippen LogP contribution >= 0.6 is 0 Å². The number of fused-ring (bicyclic) bond motifs is 1. The Labute approximate surface area is 167 Å². The predicted molar refractivity (Wildman–Crippen MR) is 108 cm³/mol. The van der Waals surface area contributed by atoms with Crippen LogP contribution in [0.2, 0.25) is 0 Å². The molecule has 152 valence electrons. The van der Waals surface area contributed by atoms with Crippen LogP contribution in [-0.2, 0) is 14.6 Å². The zero-order valence-electron chi connectivity index (χ0n) is 15.9. The number of aromatic amines is 1. The van der Waals surface area contributed by atoms with Gasteiger partial charge < -0.3 is 15.6 Å². The maximum Gasteiger partial charge on any atom is 0.256 e. The van der Waals surface area contributed by atoms with Crippen LogP contribution in [0.5, 0.6) is 0 Å². The van der Waals surface area contributed by atoms with Gasteiger partial charge in [-0.3, -0.25) is 9.59 Å². The second kappa shape index (κ2) is 6.84. The molecule has 9 heteroatoms. The van der Waals surface area contributed by atoms with Gasteiger partial charge in [0, 0.05) is 28.7 Å². The highest BCUT2D eigenvalue weighted by Gasteiger charge is 2.31. The highest BCUT2D eigenvalue weighted by atomic mass is 32.2. The van der Waals surface area contributed by atoms with Crippen LogP contribution in [0.15, 0.2) is 18.2 Å². The van der Waals surface area contributed by atoms with Gasteiger partial charge in [0.15, 0.2) is 9.84 Å². The first-order chi connectivity index (χ1) is 13.6. The molecule has 2 aromatic rings. The number of anilines is 1. The van der Waals surface area contributed by atoms with Crippen molar-refractivity contribution in [3.8, 4) is 0 Å². The minimum atomic E-state index is -3.10. The number of aryl methyl sites for hydroxylation is 1. The molecule has 29 heavy (non-hydrogen) atoms. The summed E-state index contributed by atoms with van der Waals surface area (Å²) in [5.41, 5.74) is 3.51. The minimum Gasteiger partial charge on any atom is -0.358 e. The second-order valence-electron chi connectivity index (χ2n) is 7.44. The SMILES string of the molecule is Cc1[nH]c(/C=C2\C(=O)Nc3ccc(F)cc32)c(C)c1C(=O)NC1CCS(=O)(=O)C1. The molecule has 2 aliphatic rings. The maximum absolute atomic E-state index is 13.6. The van der Waals surface area contributed by atoms with Crippen molar-refractivity contribution in [1.82, 2.24) is 10.3 Å². The molecule has 3 N–H and O–H groups in total. The van der Waals surface area contributed by atoms with Crippen molar-refractivity contribution in [2.45, 2.75) is 26.3 Å². The van der Waals surface area contributed by atoms with E-state index in [1.54, 1.807) is 19.9 Å². The summed E-state index contributed by atoms with van der Waals surface area (Å²) < 4.78 is 36.9. The summed E-state index contributed by atoms with van der Waals surface area (Å²) in [4.78, 5) is 28.2. The number of aromatic nitrogens is 1. The molecule has 0 spiro atoms. The van der Waals surface area contributed by atoms with Crippen LogP contribution in [0.25, 0.3) is 11.6 Å². The second-order valence-corrected chi connectivity index (χ2v) is 9.67. The summed E-state index contributed by atoms with van der Waals surface area (Å²) >= 11 is 0. The lowest BCUT2D eigenvalue weighted by atomic mass is 10.0. The largest absolute Gasteiger partial charge is 0.358 e. The number of nitrogens with one attached hydrogen (secondary N) is 3. The molecule has 4 rings (SSSR count). The lowest BCUT2D eigenvalue weighted by Crippen LogP contribution is -2.36. The summed E-state index contributed by atoms with van der Waals surface area (Å²) in [5, 5.41) is 5.47. The van der Waals surface area contributed by atoms with Gasteiger partial charge in [0.25, 0.3) is 11.8 Å². The number of carbonyl (C=O) groups excluding carboxylic acids is 2. The molecule has 1 saturated heterocycles. The van der Waals surface area contributed by atoms with Crippen molar-refractivity contribution >= 4 is 39.0 Å². The van der Waals surface area contributed by atoms with E-state index in [4.69, 9.17) is 0 Å². The van der Waals surface area contributed by atoms with Gasteiger partial charge in [-0.25, -0.2) is 12.8 Å². The van der Waals surface area contributed by atoms with Gasteiger partial charge in [0.2, 0.25) is 0 Å². The Hall–Kier alpha value is -2.94. The van der Waals surface area contributed by atoms with Crippen molar-refractivity contribution in [3.63, 3.8) is 0 Å². The Bertz CT molecular complexity index is 1180. The Kier molecular flexibility index (Phi) is 4.57. The van der Waals surface area contributed by atoms with Gasteiger partial charge in [0.1, 0.15) is 5.82 Å². The Morgan fingerprint density at radius 1 is 1.31 bits per heavy atom. The van der Waals surface area contributed by atoms with E-state index < -0.39 is 21.7 Å². The standard InChI is InChI=1S/C20H20FN3O4S/c1-10-17(8-15-14-7-12(21)3-4-16(14)24-19(15)25)22-11(2)18(10)20(26)23-13-5-6-29(27,28)9-13/h3-4,7-8,13,22H,5-6,9H2,1-2H3,(H,23,26)(H,24,25)/b15-8-. The minimum absolute atomic E-state index is 0.0549. The zero-order chi connectivity index (χ0) is 20.9. The lowest BCUT2D eigenvalue weighted by molar-refractivity contribution is -0.110. The Morgan fingerprint density at radius 2 is 2.07 bits per heavy atom. The molecule has 1 fully saturated rings. The van der Waals surface area contributed by atoms with E-state index in [1.165, 1.54) is 18.2 Å². The fraction of sp³-hybridized carbons (Fsp3) is 0.300. The van der Waals surface area contributed by atoms with Crippen molar-refractivity contribution in [1.29, 1.82) is 0 Å². The van der Waals surface area contributed by atoms with Crippen LogP contribution in [0.4, 0.5) is 10.1 Å².